The Balaban J connectivity index is 1.77. The summed E-state index contributed by atoms with van der Waals surface area (Å²) in [6.07, 6.45) is -0.339. The van der Waals surface area contributed by atoms with Crippen LogP contribution in [0.25, 0.3) is 0 Å². The predicted molar refractivity (Wildman–Crippen MR) is 87.0 cm³/mol. The largest absolute Gasteiger partial charge is 0.468 e. The minimum atomic E-state index is -4.41. The van der Waals surface area contributed by atoms with E-state index in [2.05, 4.69) is 27.3 Å². The Morgan fingerprint density at radius 1 is 1.52 bits per heavy atom. The van der Waals surface area contributed by atoms with Crippen molar-refractivity contribution in [3.63, 3.8) is 0 Å². The van der Waals surface area contributed by atoms with Gasteiger partial charge in [-0.3, -0.25) is 4.79 Å². The molecule has 8 heteroatoms. The number of halogens is 3. The standard InChI is InChI=1S/C17H24F3N3O2/c1-12(14-3-2-5-21-10-14)7-15(24)23-9-13-4-6-22-16(8-13)25-11-17(18,19)20/h4,6,8,12,14,21H,2-3,5,7,9-11H2,1H3,(H,23,24). The Bertz CT molecular complexity index is 560. The lowest BCUT2D eigenvalue weighted by molar-refractivity contribution is -0.154. The van der Waals surface area contributed by atoms with Crippen molar-refractivity contribution in [1.29, 1.82) is 0 Å². The SMILES string of the molecule is CC(CC(=O)NCc1ccnc(OCC(F)(F)F)c1)C1CCCNC1. The van der Waals surface area contributed by atoms with Crippen LogP contribution in [0.4, 0.5) is 13.2 Å². The van der Waals surface area contributed by atoms with Crippen molar-refractivity contribution < 1.29 is 22.7 Å². The smallest absolute Gasteiger partial charge is 0.422 e. The second-order valence-corrected chi connectivity index (χ2v) is 6.47. The minimum absolute atomic E-state index is 0.0624. The third-order valence-electron chi connectivity index (χ3n) is 4.32. The van der Waals surface area contributed by atoms with E-state index in [9.17, 15) is 18.0 Å². The van der Waals surface area contributed by atoms with Gasteiger partial charge in [0.2, 0.25) is 11.8 Å². The number of amides is 1. The van der Waals surface area contributed by atoms with Gasteiger partial charge in [0, 0.05) is 25.2 Å². The van der Waals surface area contributed by atoms with Crippen LogP contribution in [0.5, 0.6) is 5.88 Å². The molecule has 1 aromatic rings. The Kier molecular flexibility index (Phi) is 7.04. The highest BCUT2D eigenvalue weighted by Crippen LogP contribution is 2.22. The molecule has 1 aliphatic rings. The number of hydrogen-bond acceptors (Lipinski definition) is 4. The molecule has 2 N–H and O–H groups in total. The van der Waals surface area contributed by atoms with Gasteiger partial charge in [-0.05, 0) is 49.4 Å². The molecule has 2 rings (SSSR count). The lowest BCUT2D eigenvalue weighted by atomic mass is 9.85. The number of hydrogen-bond donors (Lipinski definition) is 2. The van der Waals surface area contributed by atoms with Crippen molar-refractivity contribution in [2.75, 3.05) is 19.7 Å². The normalized spacial score (nSPS) is 19.3. The summed E-state index contributed by atoms with van der Waals surface area (Å²) in [4.78, 5) is 15.8. The summed E-state index contributed by atoms with van der Waals surface area (Å²) >= 11 is 0. The molecule has 5 nitrogen and oxygen atoms in total. The maximum atomic E-state index is 12.2. The van der Waals surface area contributed by atoms with Gasteiger partial charge in [-0.1, -0.05) is 6.92 Å². The number of nitrogens with one attached hydrogen (secondary N) is 2. The fourth-order valence-electron chi connectivity index (χ4n) is 2.89. The average Bonchev–Trinajstić information content (AvgIpc) is 2.59. The van der Waals surface area contributed by atoms with Crippen LogP contribution >= 0.6 is 0 Å². The van der Waals surface area contributed by atoms with Crippen LogP contribution in [-0.2, 0) is 11.3 Å². The van der Waals surface area contributed by atoms with E-state index in [1.54, 1.807) is 6.07 Å². The second kappa shape index (κ2) is 9.03. The van der Waals surface area contributed by atoms with Crippen molar-refractivity contribution in [3.8, 4) is 5.88 Å². The fraction of sp³-hybridized carbons (Fsp3) is 0.647. The number of aromatic nitrogens is 1. The first kappa shape index (κ1) is 19.5. The Labute approximate surface area is 145 Å². The van der Waals surface area contributed by atoms with Gasteiger partial charge in [-0.2, -0.15) is 13.2 Å². The summed E-state index contributed by atoms with van der Waals surface area (Å²) in [5.74, 6) is 0.622. The molecule has 0 saturated carbocycles. The maximum absolute atomic E-state index is 12.2. The molecule has 2 heterocycles. The summed E-state index contributed by atoms with van der Waals surface area (Å²) in [5.41, 5.74) is 0.646. The topological polar surface area (TPSA) is 63.2 Å². The molecule has 0 aromatic carbocycles. The van der Waals surface area contributed by atoms with Crippen molar-refractivity contribution in [1.82, 2.24) is 15.6 Å². The monoisotopic (exact) mass is 359 g/mol. The molecule has 1 aromatic heterocycles. The van der Waals surface area contributed by atoms with Crippen LogP contribution in [0.1, 0.15) is 31.7 Å². The molecule has 2 unspecified atom stereocenters. The summed E-state index contributed by atoms with van der Waals surface area (Å²) in [6, 6.07) is 3.04. The zero-order valence-corrected chi connectivity index (χ0v) is 14.2. The number of rotatable bonds is 7. The van der Waals surface area contributed by atoms with Crippen LogP contribution in [0.2, 0.25) is 0 Å². The first-order valence-corrected chi connectivity index (χ1v) is 8.45. The van der Waals surface area contributed by atoms with Crippen LogP contribution in [0, 0.1) is 11.8 Å². The molecule has 0 aliphatic carbocycles. The molecule has 2 atom stereocenters. The highest BCUT2D eigenvalue weighted by molar-refractivity contribution is 5.76. The van der Waals surface area contributed by atoms with E-state index in [0.717, 1.165) is 25.9 Å². The minimum Gasteiger partial charge on any atom is -0.468 e. The van der Waals surface area contributed by atoms with E-state index in [4.69, 9.17) is 0 Å². The summed E-state index contributed by atoms with van der Waals surface area (Å²) in [5, 5.41) is 6.15. The number of alkyl halides is 3. The van der Waals surface area contributed by atoms with E-state index >= 15 is 0 Å². The average molecular weight is 359 g/mol. The highest BCUT2D eigenvalue weighted by atomic mass is 19.4. The van der Waals surface area contributed by atoms with Gasteiger partial charge in [0.15, 0.2) is 6.61 Å². The number of ether oxygens (including phenoxy) is 1. The third kappa shape index (κ3) is 7.29. The Morgan fingerprint density at radius 3 is 3.00 bits per heavy atom. The van der Waals surface area contributed by atoms with E-state index < -0.39 is 12.8 Å². The first-order chi connectivity index (χ1) is 11.8. The van der Waals surface area contributed by atoms with E-state index in [1.807, 2.05) is 0 Å². The molecule has 1 aliphatic heterocycles. The van der Waals surface area contributed by atoms with Crippen LogP contribution in [-0.4, -0.2) is 36.8 Å². The van der Waals surface area contributed by atoms with Gasteiger partial charge in [-0.15, -0.1) is 0 Å². The van der Waals surface area contributed by atoms with Crippen molar-refractivity contribution in [2.24, 2.45) is 11.8 Å². The molecular formula is C17H24F3N3O2. The number of piperidine rings is 1. The number of carbonyl (C=O) groups is 1. The van der Waals surface area contributed by atoms with Gasteiger partial charge >= 0.3 is 6.18 Å². The van der Waals surface area contributed by atoms with Crippen LogP contribution < -0.4 is 15.4 Å². The molecule has 1 saturated heterocycles. The summed E-state index contributed by atoms with van der Waals surface area (Å²) in [7, 11) is 0. The lowest BCUT2D eigenvalue weighted by Crippen LogP contribution is -2.35. The van der Waals surface area contributed by atoms with Crippen molar-refractivity contribution >= 4 is 5.91 Å². The highest BCUT2D eigenvalue weighted by Gasteiger charge is 2.28. The fourth-order valence-corrected chi connectivity index (χ4v) is 2.89. The number of nitrogens with zero attached hydrogens (tertiary/aromatic N) is 1. The van der Waals surface area contributed by atoms with Crippen molar-refractivity contribution in [3.05, 3.63) is 23.9 Å². The Hall–Kier alpha value is -1.83. The van der Waals surface area contributed by atoms with Crippen molar-refractivity contribution in [2.45, 2.75) is 38.9 Å². The molecule has 1 fully saturated rings. The zero-order valence-electron chi connectivity index (χ0n) is 14.2. The molecular weight excluding hydrogens is 335 g/mol. The quantitative estimate of drug-likeness (QED) is 0.786. The van der Waals surface area contributed by atoms with Gasteiger partial charge in [0.25, 0.3) is 0 Å². The molecule has 0 bridgehead atoms. The summed E-state index contributed by atoms with van der Waals surface area (Å²) < 4.78 is 41.1. The molecule has 25 heavy (non-hydrogen) atoms. The van der Waals surface area contributed by atoms with Crippen LogP contribution in [0.3, 0.4) is 0 Å². The molecule has 0 radical (unpaired) electrons. The predicted octanol–water partition coefficient (Wildman–Crippen LogP) is 2.66. The van der Waals surface area contributed by atoms with Gasteiger partial charge < -0.3 is 15.4 Å². The molecule has 140 valence electrons. The van der Waals surface area contributed by atoms with E-state index in [-0.39, 0.29) is 24.2 Å². The Morgan fingerprint density at radius 2 is 2.32 bits per heavy atom. The van der Waals surface area contributed by atoms with E-state index in [0.29, 0.717) is 17.9 Å². The molecule has 0 spiro atoms. The van der Waals surface area contributed by atoms with Gasteiger partial charge in [0.1, 0.15) is 0 Å². The maximum Gasteiger partial charge on any atom is 0.422 e. The lowest BCUT2D eigenvalue weighted by Gasteiger charge is -2.28. The third-order valence-corrected chi connectivity index (χ3v) is 4.32. The molecule has 1 amide bonds. The van der Waals surface area contributed by atoms with E-state index in [1.165, 1.54) is 12.3 Å². The summed E-state index contributed by atoms with van der Waals surface area (Å²) in [6.45, 7) is 2.91. The first-order valence-electron chi connectivity index (χ1n) is 8.45. The number of pyridine rings is 1. The second-order valence-electron chi connectivity index (χ2n) is 6.47. The number of carbonyl (C=O) groups excluding carboxylic acids is 1. The van der Waals surface area contributed by atoms with Gasteiger partial charge in [-0.25, -0.2) is 4.98 Å². The zero-order chi connectivity index (χ0) is 18.3. The van der Waals surface area contributed by atoms with Crippen LogP contribution in [0.15, 0.2) is 18.3 Å². The van der Waals surface area contributed by atoms with Gasteiger partial charge in [0.05, 0.1) is 0 Å².